The molecule has 2 aromatic heterocycles. The number of hydrogen-bond acceptors (Lipinski definition) is 5. The van der Waals surface area contributed by atoms with E-state index in [-0.39, 0.29) is 5.92 Å². The molecule has 0 aliphatic heterocycles. The molecular formula is C15H15N3O3. The molecule has 0 fully saturated rings. The molecule has 2 aromatic rings. The third-order valence-electron chi connectivity index (χ3n) is 3.65. The van der Waals surface area contributed by atoms with Crippen LogP contribution in [0, 0.1) is 12.8 Å². The van der Waals surface area contributed by atoms with Crippen LogP contribution in [-0.2, 0) is 4.79 Å². The average Bonchev–Trinajstić information content (AvgIpc) is 2.97. The molecule has 0 saturated carbocycles. The Bertz CT molecular complexity index is 693. The Morgan fingerprint density at radius 2 is 2.19 bits per heavy atom. The molecule has 0 amide bonds. The van der Waals surface area contributed by atoms with Crippen molar-refractivity contribution in [1.82, 2.24) is 15.1 Å². The van der Waals surface area contributed by atoms with Gasteiger partial charge >= 0.3 is 5.97 Å². The summed E-state index contributed by atoms with van der Waals surface area (Å²) in [6.45, 7) is 1.96. The number of carbonyl (C=O) groups is 1. The van der Waals surface area contributed by atoms with Crippen LogP contribution in [0.25, 0.3) is 11.5 Å². The van der Waals surface area contributed by atoms with Gasteiger partial charge in [-0.25, -0.2) is 0 Å². The number of aromatic nitrogens is 3. The first-order valence-electron chi connectivity index (χ1n) is 6.79. The fourth-order valence-corrected chi connectivity index (χ4v) is 2.51. The molecule has 0 saturated heterocycles. The fourth-order valence-electron chi connectivity index (χ4n) is 2.51. The number of carboxylic acid groups (broad SMARTS) is 1. The molecule has 0 unspecified atom stereocenters. The van der Waals surface area contributed by atoms with Crippen molar-refractivity contribution in [3.8, 4) is 11.5 Å². The Balaban J connectivity index is 1.91. The maximum Gasteiger partial charge on any atom is 0.307 e. The van der Waals surface area contributed by atoms with Crippen LogP contribution in [0.5, 0.6) is 0 Å². The molecule has 1 aliphatic rings. The zero-order valence-electron chi connectivity index (χ0n) is 11.6. The summed E-state index contributed by atoms with van der Waals surface area (Å²) in [5, 5.41) is 13.2. The molecule has 108 valence electrons. The van der Waals surface area contributed by atoms with Gasteiger partial charge in [-0.2, -0.15) is 4.98 Å². The van der Waals surface area contributed by atoms with E-state index in [9.17, 15) is 9.90 Å². The summed E-state index contributed by atoms with van der Waals surface area (Å²) in [6, 6.07) is 3.75. The van der Waals surface area contributed by atoms with Crippen molar-refractivity contribution >= 4 is 5.97 Å². The number of carboxylic acids is 1. The highest BCUT2D eigenvalue weighted by Crippen LogP contribution is 2.34. The van der Waals surface area contributed by atoms with Gasteiger partial charge in [-0.15, -0.1) is 0 Å². The summed E-state index contributed by atoms with van der Waals surface area (Å²) in [5.41, 5.74) is 1.68. The average molecular weight is 285 g/mol. The first-order valence-corrected chi connectivity index (χ1v) is 6.79. The van der Waals surface area contributed by atoms with Gasteiger partial charge in [0.1, 0.15) is 5.69 Å². The Kier molecular flexibility index (Phi) is 3.51. The lowest BCUT2D eigenvalue weighted by Crippen LogP contribution is -2.23. The van der Waals surface area contributed by atoms with Crippen LogP contribution >= 0.6 is 0 Å². The number of nitrogens with zero attached hydrogens (tertiary/aromatic N) is 3. The van der Waals surface area contributed by atoms with E-state index in [1.165, 1.54) is 0 Å². The van der Waals surface area contributed by atoms with E-state index in [4.69, 9.17) is 4.52 Å². The molecule has 0 spiro atoms. The maximum atomic E-state index is 11.3. The standard InChI is InChI=1S/C15H15N3O3/c1-9-6-7-16-12(8-9)13-17-14(21-18-13)10-4-2-3-5-11(10)15(19)20/h2-3,6-8,10-11H,4-5H2,1H3,(H,19,20)/t10-,11+/m1/s1. The summed E-state index contributed by atoms with van der Waals surface area (Å²) in [4.78, 5) is 19.9. The number of pyridine rings is 1. The first kappa shape index (κ1) is 13.5. The van der Waals surface area contributed by atoms with Crippen LogP contribution in [0.15, 0.2) is 35.0 Å². The molecule has 3 rings (SSSR count). The third-order valence-corrected chi connectivity index (χ3v) is 3.65. The van der Waals surface area contributed by atoms with Gasteiger partial charge in [-0.05, 0) is 37.5 Å². The molecule has 2 atom stereocenters. The molecule has 1 N–H and O–H groups in total. The second-order valence-electron chi connectivity index (χ2n) is 5.17. The van der Waals surface area contributed by atoms with Crippen LogP contribution in [0.4, 0.5) is 0 Å². The Morgan fingerprint density at radius 3 is 2.95 bits per heavy atom. The van der Waals surface area contributed by atoms with E-state index in [2.05, 4.69) is 15.1 Å². The number of hydrogen-bond donors (Lipinski definition) is 1. The second kappa shape index (κ2) is 5.47. The number of rotatable bonds is 3. The minimum absolute atomic E-state index is 0.279. The van der Waals surface area contributed by atoms with E-state index in [0.29, 0.717) is 30.3 Å². The molecule has 2 heterocycles. The molecule has 21 heavy (non-hydrogen) atoms. The van der Waals surface area contributed by atoms with Gasteiger partial charge in [0.15, 0.2) is 0 Å². The van der Waals surface area contributed by atoms with Gasteiger partial charge in [0.05, 0.1) is 11.8 Å². The summed E-state index contributed by atoms with van der Waals surface area (Å²) in [6.07, 6.45) is 6.61. The Morgan fingerprint density at radius 1 is 1.38 bits per heavy atom. The Hall–Kier alpha value is -2.50. The Labute approximate surface area is 121 Å². The van der Waals surface area contributed by atoms with Gasteiger partial charge < -0.3 is 9.63 Å². The van der Waals surface area contributed by atoms with Crippen LogP contribution in [0.3, 0.4) is 0 Å². The normalized spacial score (nSPS) is 21.4. The lowest BCUT2D eigenvalue weighted by Gasteiger charge is -2.21. The highest BCUT2D eigenvalue weighted by Gasteiger charge is 2.34. The molecule has 6 heteroatoms. The zero-order chi connectivity index (χ0) is 14.8. The molecule has 1 aliphatic carbocycles. The summed E-state index contributed by atoms with van der Waals surface area (Å²) in [7, 11) is 0. The fraction of sp³-hybridized carbons (Fsp3) is 0.333. The lowest BCUT2D eigenvalue weighted by atomic mass is 9.83. The first-order chi connectivity index (χ1) is 10.1. The molecular weight excluding hydrogens is 270 g/mol. The largest absolute Gasteiger partial charge is 0.481 e. The predicted molar refractivity (Wildman–Crippen MR) is 74.5 cm³/mol. The predicted octanol–water partition coefficient (Wildman–Crippen LogP) is 2.57. The summed E-state index contributed by atoms with van der Waals surface area (Å²) in [5.74, 6) is -0.873. The number of aliphatic carboxylic acids is 1. The molecule has 0 radical (unpaired) electrons. The van der Waals surface area contributed by atoms with E-state index in [1.54, 1.807) is 6.20 Å². The van der Waals surface area contributed by atoms with E-state index < -0.39 is 11.9 Å². The third kappa shape index (κ3) is 2.69. The van der Waals surface area contributed by atoms with Crippen LogP contribution in [-0.4, -0.2) is 26.2 Å². The van der Waals surface area contributed by atoms with Crippen molar-refractivity contribution in [2.24, 2.45) is 5.92 Å². The minimum atomic E-state index is -0.835. The van der Waals surface area contributed by atoms with Gasteiger partial charge in [0.2, 0.25) is 11.7 Å². The highest BCUT2D eigenvalue weighted by molar-refractivity contribution is 5.71. The topological polar surface area (TPSA) is 89.1 Å². The molecule has 6 nitrogen and oxygen atoms in total. The van der Waals surface area contributed by atoms with Gasteiger partial charge in [0, 0.05) is 6.20 Å². The van der Waals surface area contributed by atoms with Crippen molar-refractivity contribution in [2.75, 3.05) is 0 Å². The van der Waals surface area contributed by atoms with Crippen LogP contribution in [0.1, 0.15) is 30.2 Å². The van der Waals surface area contributed by atoms with Crippen molar-refractivity contribution in [3.05, 3.63) is 41.9 Å². The quantitative estimate of drug-likeness (QED) is 0.872. The van der Waals surface area contributed by atoms with Gasteiger partial charge in [-0.3, -0.25) is 9.78 Å². The van der Waals surface area contributed by atoms with Crippen LogP contribution < -0.4 is 0 Å². The van der Waals surface area contributed by atoms with E-state index in [1.807, 2.05) is 31.2 Å². The van der Waals surface area contributed by atoms with Crippen molar-refractivity contribution in [3.63, 3.8) is 0 Å². The zero-order valence-corrected chi connectivity index (χ0v) is 11.6. The van der Waals surface area contributed by atoms with Gasteiger partial charge in [0.25, 0.3) is 0 Å². The second-order valence-corrected chi connectivity index (χ2v) is 5.17. The highest BCUT2D eigenvalue weighted by atomic mass is 16.5. The lowest BCUT2D eigenvalue weighted by molar-refractivity contribution is -0.142. The number of aryl methyl sites for hydroxylation is 1. The number of allylic oxidation sites excluding steroid dienone is 2. The summed E-state index contributed by atoms with van der Waals surface area (Å²) < 4.78 is 5.28. The molecule has 0 aromatic carbocycles. The summed E-state index contributed by atoms with van der Waals surface area (Å²) >= 11 is 0. The SMILES string of the molecule is Cc1ccnc(-c2noc([C@@H]3CC=CC[C@@H]3C(=O)O)n2)c1. The monoisotopic (exact) mass is 285 g/mol. The smallest absolute Gasteiger partial charge is 0.307 e. The van der Waals surface area contributed by atoms with Crippen LogP contribution in [0.2, 0.25) is 0 Å². The van der Waals surface area contributed by atoms with Crippen molar-refractivity contribution < 1.29 is 14.4 Å². The minimum Gasteiger partial charge on any atom is -0.481 e. The van der Waals surface area contributed by atoms with Crippen molar-refractivity contribution in [2.45, 2.75) is 25.7 Å². The van der Waals surface area contributed by atoms with E-state index >= 15 is 0 Å². The molecule has 0 bridgehead atoms. The van der Waals surface area contributed by atoms with Gasteiger partial charge in [-0.1, -0.05) is 17.3 Å². The van der Waals surface area contributed by atoms with Crippen molar-refractivity contribution in [1.29, 1.82) is 0 Å². The van der Waals surface area contributed by atoms with E-state index in [0.717, 1.165) is 5.56 Å². The maximum absolute atomic E-state index is 11.3.